The molecule has 2 aromatic heterocycles. The van der Waals surface area contributed by atoms with E-state index in [1.807, 2.05) is 42.6 Å². The van der Waals surface area contributed by atoms with Crippen molar-refractivity contribution >= 4 is 29.0 Å². The van der Waals surface area contributed by atoms with Crippen LogP contribution in [0.3, 0.4) is 0 Å². The zero-order valence-electron chi connectivity index (χ0n) is 26.8. The van der Waals surface area contributed by atoms with Crippen LogP contribution in [-0.2, 0) is 17.6 Å². The summed E-state index contributed by atoms with van der Waals surface area (Å²) >= 11 is 5.99. The van der Waals surface area contributed by atoms with Gasteiger partial charge in [0, 0.05) is 49.5 Å². The molecule has 1 N–H and O–H groups in total. The van der Waals surface area contributed by atoms with Gasteiger partial charge in [0.2, 0.25) is 0 Å². The summed E-state index contributed by atoms with van der Waals surface area (Å²) in [6.07, 6.45) is 7.79. The number of aromatic amines is 1. The molecule has 0 aliphatic carbocycles. The van der Waals surface area contributed by atoms with Crippen molar-refractivity contribution < 1.29 is 14.0 Å². The number of nitrogens with one attached hydrogen (secondary N) is 1. The van der Waals surface area contributed by atoms with Crippen molar-refractivity contribution in [3.05, 3.63) is 112 Å². The van der Waals surface area contributed by atoms with Gasteiger partial charge in [-0.2, -0.15) is 5.10 Å². The first-order valence-corrected chi connectivity index (χ1v) is 16.5. The molecule has 0 radical (unpaired) electrons. The Labute approximate surface area is 283 Å². The van der Waals surface area contributed by atoms with Crippen molar-refractivity contribution in [2.24, 2.45) is 0 Å². The number of carbonyl (C=O) groups is 2. The summed E-state index contributed by atoms with van der Waals surface area (Å²) in [6, 6.07) is 18.1. The van der Waals surface area contributed by atoms with Gasteiger partial charge in [0.1, 0.15) is 11.7 Å². The molecule has 48 heavy (non-hydrogen) atoms. The lowest BCUT2D eigenvalue weighted by Crippen LogP contribution is -2.46. The molecule has 12 heteroatoms. The van der Waals surface area contributed by atoms with Crippen LogP contribution < -0.4 is 4.90 Å². The van der Waals surface area contributed by atoms with Gasteiger partial charge in [0.25, 0.3) is 5.91 Å². The van der Waals surface area contributed by atoms with E-state index in [1.54, 1.807) is 17.2 Å². The zero-order valence-corrected chi connectivity index (χ0v) is 27.6. The Balaban J connectivity index is 1.21. The van der Waals surface area contributed by atoms with E-state index in [2.05, 4.69) is 50.5 Å². The zero-order chi connectivity index (χ0) is 33.4. The molecule has 2 aliphatic rings. The van der Waals surface area contributed by atoms with Gasteiger partial charge in [-0.05, 0) is 73.8 Å². The summed E-state index contributed by atoms with van der Waals surface area (Å²) in [4.78, 5) is 34.8. The number of Topliss-reactive ketones (excluding diaryl/α,β-unsaturated/α-hetero) is 1. The van der Waals surface area contributed by atoms with E-state index in [0.29, 0.717) is 19.0 Å². The lowest BCUT2D eigenvalue weighted by Gasteiger charge is -2.41. The normalized spacial score (nSPS) is 16.7. The number of H-pyrrole nitrogens is 1. The number of halogens is 2. The maximum absolute atomic E-state index is 14.8. The Morgan fingerprint density at radius 1 is 0.979 bits per heavy atom. The number of carbonyl (C=O) groups excluding carboxylic acids is 2. The first kappa shape index (κ1) is 31.7. The third kappa shape index (κ3) is 6.11. The molecule has 0 saturated carbocycles. The number of benzene rings is 3. The Hall–Kier alpha value is -4.87. The van der Waals surface area contributed by atoms with Crippen LogP contribution >= 0.6 is 11.6 Å². The summed E-state index contributed by atoms with van der Waals surface area (Å²) in [5, 5.41) is 14.9. The second-order valence-electron chi connectivity index (χ2n) is 12.6. The predicted molar refractivity (Wildman–Crippen MR) is 182 cm³/mol. The van der Waals surface area contributed by atoms with Gasteiger partial charge in [-0.15, -0.1) is 5.10 Å². The van der Waals surface area contributed by atoms with E-state index in [-0.39, 0.29) is 28.6 Å². The molecule has 1 fully saturated rings. The highest BCUT2D eigenvalue weighted by atomic mass is 35.5. The average Bonchev–Trinajstić information content (AvgIpc) is 3.82. The van der Waals surface area contributed by atoms with Gasteiger partial charge in [-0.1, -0.05) is 59.3 Å². The molecule has 3 aromatic carbocycles. The topological polar surface area (TPSA) is 103 Å². The molecular formula is C36H36ClFN8O2. The molecule has 246 valence electrons. The van der Waals surface area contributed by atoms with Gasteiger partial charge in [0.05, 0.1) is 17.4 Å². The molecule has 2 aliphatic heterocycles. The fourth-order valence-electron chi connectivity index (χ4n) is 6.95. The highest BCUT2D eigenvalue weighted by molar-refractivity contribution is 6.30. The van der Waals surface area contributed by atoms with Crippen LogP contribution in [0.25, 0.3) is 16.8 Å². The molecular weight excluding hydrogens is 631 g/mol. The summed E-state index contributed by atoms with van der Waals surface area (Å²) < 4.78 is 16.0. The number of fused-ring (bicyclic) bond motifs is 1. The highest BCUT2D eigenvalue weighted by Gasteiger charge is 2.38. The largest absolute Gasteiger partial charge is 0.371 e. The standard InChI is InChI=1S/C36H36ClFN8O2/c1-43(2)26-13-16-44(17-14-26)31-7-3-5-28-27(31)15-18-45(36(48)30-22-46(42-41-30)32-8-4-6-29(37)34(32)38)35(28)33(47)19-23-9-11-24(12-10-23)25-20-39-40-21-25/h3-12,20-22,26,35H,13-19H2,1-2H3,(H,39,40). The van der Waals surface area contributed by atoms with E-state index >= 15 is 0 Å². The number of rotatable bonds is 8. The van der Waals surface area contributed by atoms with Crippen LogP contribution in [0.5, 0.6) is 0 Å². The van der Waals surface area contributed by atoms with Crippen molar-refractivity contribution in [2.75, 3.05) is 38.6 Å². The fraction of sp³-hybridized carbons (Fsp3) is 0.306. The lowest BCUT2D eigenvalue weighted by atomic mass is 9.86. The smallest absolute Gasteiger partial charge is 0.276 e. The van der Waals surface area contributed by atoms with Crippen LogP contribution in [0, 0.1) is 5.82 Å². The Morgan fingerprint density at radius 3 is 2.46 bits per heavy atom. The summed E-state index contributed by atoms with van der Waals surface area (Å²) in [6.45, 7) is 2.17. The number of hydrogen-bond acceptors (Lipinski definition) is 7. The molecule has 4 heterocycles. The fourth-order valence-corrected chi connectivity index (χ4v) is 7.12. The lowest BCUT2D eigenvalue weighted by molar-refractivity contribution is -0.123. The first-order valence-electron chi connectivity index (χ1n) is 16.1. The van der Waals surface area contributed by atoms with Crippen molar-refractivity contribution in [3.63, 3.8) is 0 Å². The van der Waals surface area contributed by atoms with Crippen molar-refractivity contribution in [3.8, 4) is 16.8 Å². The number of hydrogen-bond donors (Lipinski definition) is 1. The van der Waals surface area contributed by atoms with E-state index in [0.717, 1.165) is 59.4 Å². The third-order valence-corrected chi connectivity index (χ3v) is 9.84. The van der Waals surface area contributed by atoms with Crippen molar-refractivity contribution in [1.29, 1.82) is 0 Å². The number of amides is 1. The molecule has 0 bridgehead atoms. The minimum Gasteiger partial charge on any atom is -0.371 e. The molecule has 1 saturated heterocycles. The molecule has 7 rings (SSSR count). The van der Waals surface area contributed by atoms with Crippen LogP contribution in [0.1, 0.15) is 46.1 Å². The molecule has 0 spiro atoms. The van der Waals surface area contributed by atoms with Crippen LogP contribution in [0.2, 0.25) is 5.02 Å². The number of aromatic nitrogens is 5. The van der Waals surface area contributed by atoms with Crippen LogP contribution in [0.15, 0.2) is 79.3 Å². The van der Waals surface area contributed by atoms with Gasteiger partial charge >= 0.3 is 0 Å². The van der Waals surface area contributed by atoms with Crippen LogP contribution in [-0.4, -0.2) is 86.5 Å². The Bertz CT molecular complexity index is 1930. The molecule has 1 amide bonds. The van der Waals surface area contributed by atoms with Crippen molar-refractivity contribution in [2.45, 2.75) is 37.8 Å². The number of ketones is 1. The van der Waals surface area contributed by atoms with E-state index in [4.69, 9.17) is 11.6 Å². The van der Waals surface area contributed by atoms with Gasteiger partial charge in [0.15, 0.2) is 17.3 Å². The van der Waals surface area contributed by atoms with Gasteiger partial charge in [-0.3, -0.25) is 14.7 Å². The molecule has 1 unspecified atom stereocenters. The average molecular weight is 667 g/mol. The second-order valence-corrected chi connectivity index (χ2v) is 13.0. The quantitative estimate of drug-likeness (QED) is 0.232. The van der Waals surface area contributed by atoms with Gasteiger partial charge in [-0.25, -0.2) is 9.07 Å². The van der Waals surface area contributed by atoms with E-state index in [9.17, 15) is 14.0 Å². The molecule has 5 aromatic rings. The van der Waals surface area contributed by atoms with Gasteiger partial charge < -0.3 is 14.7 Å². The minimum atomic E-state index is -0.831. The van der Waals surface area contributed by atoms with Crippen molar-refractivity contribution in [1.82, 2.24) is 35.0 Å². The van der Waals surface area contributed by atoms with E-state index < -0.39 is 17.8 Å². The first-order chi connectivity index (χ1) is 23.3. The van der Waals surface area contributed by atoms with Crippen LogP contribution in [0.4, 0.5) is 10.1 Å². The summed E-state index contributed by atoms with van der Waals surface area (Å²) in [5.74, 6) is -1.21. The number of piperidine rings is 1. The number of anilines is 1. The highest BCUT2D eigenvalue weighted by Crippen LogP contribution is 2.38. The number of nitrogens with zero attached hydrogens (tertiary/aromatic N) is 7. The third-order valence-electron chi connectivity index (χ3n) is 9.55. The summed E-state index contributed by atoms with van der Waals surface area (Å²) in [5.41, 5.74) is 5.94. The van der Waals surface area contributed by atoms with E-state index in [1.165, 1.54) is 23.0 Å². The maximum Gasteiger partial charge on any atom is 0.276 e. The monoisotopic (exact) mass is 666 g/mol. The summed E-state index contributed by atoms with van der Waals surface area (Å²) in [7, 11) is 4.25. The second kappa shape index (κ2) is 13.3. The molecule has 1 atom stereocenters. The Morgan fingerprint density at radius 2 is 1.73 bits per heavy atom. The molecule has 10 nitrogen and oxygen atoms in total. The maximum atomic E-state index is 14.8. The SMILES string of the molecule is CN(C)C1CCN(c2cccc3c2CCN(C(=O)c2cn(-c4cccc(Cl)c4F)nn2)C3C(=O)Cc2ccc(-c3cn[nH]c3)cc2)CC1. The minimum absolute atomic E-state index is 0.0157. The Kier molecular flexibility index (Phi) is 8.81. The predicted octanol–water partition coefficient (Wildman–Crippen LogP) is 5.53.